The molecule has 0 aromatic heterocycles. The lowest BCUT2D eigenvalue weighted by Crippen LogP contribution is -2.45. The zero-order valence-corrected chi connectivity index (χ0v) is 13.4. The summed E-state index contributed by atoms with van der Waals surface area (Å²) >= 11 is 0. The van der Waals surface area contributed by atoms with Gasteiger partial charge in [-0.1, -0.05) is 0 Å². The minimum Gasteiger partial charge on any atom is -0.348 e. The zero-order valence-electron chi connectivity index (χ0n) is 12.6. The maximum absolute atomic E-state index is 12.2. The first-order valence-corrected chi connectivity index (χ1v) is 9.59. The van der Waals surface area contributed by atoms with Gasteiger partial charge in [-0.3, -0.25) is 9.59 Å². The molecule has 0 aromatic carbocycles. The lowest BCUT2D eigenvalue weighted by molar-refractivity contribution is -0.133. The fraction of sp³-hybridized carbons (Fsp3) is 0.786. The summed E-state index contributed by atoms with van der Waals surface area (Å²) in [6.07, 6.45) is 3.19. The van der Waals surface area contributed by atoms with Crippen LogP contribution >= 0.6 is 0 Å². The molecule has 3 aliphatic rings. The second-order valence-corrected chi connectivity index (χ2v) is 8.67. The second kappa shape index (κ2) is 5.64. The molecule has 0 unspecified atom stereocenters. The Kier molecular flexibility index (Phi) is 3.96. The third-order valence-corrected chi connectivity index (χ3v) is 6.31. The molecule has 2 aliphatic heterocycles. The van der Waals surface area contributed by atoms with Crippen LogP contribution in [0.15, 0.2) is 5.10 Å². The largest absolute Gasteiger partial charge is 0.348 e. The summed E-state index contributed by atoms with van der Waals surface area (Å²) in [6.45, 7) is 1.98. The van der Waals surface area contributed by atoms with Gasteiger partial charge in [-0.25, -0.2) is 13.4 Å². The number of hydrazone groups is 1. The summed E-state index contributed by atoms with van der Waals surface area (Å²) in [4.78, 5) is 24.2. The molecule has 2 amide bonds. The SMILES string of the molecule is C[C@@H](NC(=O)C1=NN([C@H]2CCS(=O)(=O)C2)C(=O)CC1)C1CC1. The second-order valence-electron chi connectivity index (χ2n) is 6.44. The van der Waals surface area contributed by atoms with Gasteiger partial charge >= 0.3 is 0 Å². The minimum absolute atomic E-state index is 0.0599. The van der Waals surface area contributed by atoms with E-state index in [0.29, 0.717) is 24.5 Å². The van der Waals surface area contributed by atoms with E-state index in [1.807, 2.05) is 6.92 Å². The molecule has 1 saturated heterocycles. The monoisotopic (exact) mass is 327 g/mol. The number of amides is 2. The predicted octanol–water partition coefficient (Wildman–Crippen LogP) is 0.0666. The lowest BCUT2D eigenvalue weighted by atomic mass is 10.1. The number of hydrogen-bond donors (Lipinski definition) is 1. The van der Waals surface area contributed by atoms with Crippen molar-refractivity contribution >= 4 is 27.4 Å². The first-order valence-electron chi connectivity index (χ1n) is 7.76. The summed E-state index contributed by atoms with van der Waals surface area (Å²) in [5.41, 5.74) is 0.330. The minimum atomic E-state index is -3.09. The van der Waals surface area contributed by atoms with Crippen LogP contribution in [0.1, 0.15) is 39.0 Å². The first-order chi connectivity index (χ1) is 10.4. The molecule has 0 radical (unpaired) electrons. The number of carbonyl (C=O) groups excluding carboxylic acids is 2. The van der Waals surface area contributed by atoms with Crippen LogP contribution in [-0.2, 0) is 19.4 Å². The maximum atomic E-state index is 12.2. The fourth-order valence-electron chi connectivity index (χ4n) is 2.99. The van der Waals surface area contributed by atoms with Crippen LogP contribution in [0.25, 0.3) is 0 Å². The van der Waals surface area contributed by atoms with Crippen LogP contribution in [0, 0.1) is 5.92 Å². The maximum Gasteiger partial charge on any atom is 0.267 e. The van der Waals surface area contributed by atoms with E-state index >= 15 is 0 Å². The number of sulfone groups is 1. The fourth-order valence-corrected chi connectivity index (χ4v) is 4.68. The van der Waals surface area contributed by atoms with E-state index in [-0.39, 0.29) is 35.8 Å². The Balaban J connectivity index is 1.70. The molecule has 1 saturated carbocycles. The van der Waals surface area contributed by atoms with Crippen LogP contribution in [-0.4, -0.2) is 54.5 Å². The van der Waals surface area contributed by atoms with Crippen LogP contribution in [0.4, 0.5) is 0 Å². The molecule has 122 valence electrons. The molecule has 2 heterocycles. The third-order valence-electron chi connectivity index (χ3n) is 4.56. The van der Waals surface area contributed by atoms with E-state index in [0.717, 1.165) is 12.8 Å². The number of carbonyl (C=O) groups is 2. The molecule has 7 nitrogen and oxygen atoms in total. The van der Waals surface area contributed by atoms with Gasteiger partial charge in [0.1, 0.15) is 5.71 Å². The average molecular weight is 327 g/mol. The van der Waals surface area contributed by atoms with Crippen molar-refractivity contribution in [2.24, 2.45) is 11.0 Å². The van der Waals surface area contributed by atoms with Crippen molar-refractivity contribution in [3.8, 4) is 0 Å². The van der Waals surface area contributed by atoms with Gasteiger partial charge in [0.15, 0.2) is 9.84 Å². The smallest absolute Gasteiger partial charge is 0.267 e. The number of hydrogen-bond acceptors (Lipinski definition) is 5. The summed E-state index contributed by atoms with van der Waals surface area (Å²) < 4.78 is 23.1. The molecular formula is C14H21N3O4S. The topological polar surface area (TPSA) is 95.9 Å². The Morgan fingerprint density at radius 1 is 1.32 bits per heavy atom. The summed E-state index contributed by atoms with van der Waals surface area (Å²) in [5.74, 6) is 0.129. The molecule has 0 bridgehead atoms. The molecule has 2 atom stereocenters. The van der Waals surface area contributed by atoms with Crippen LogP contribution in [0.3, 0.4) is 0 Å². The molecule has 22 heavy (non-hydrogen) atoms. The van der Waals surface area contributed by atoms with Crippen molar-refractivity contribution in [1.82, 2.24) is 10.3 Å². The first kappa shape index (κ1) is 15.5. The normalized spacial score (nSPS) is 29.1. The van der Waals surface area contributed by atoms with Crippen molar-refractivity contribution in [2.45, 2.75) is 51.1 Å². The van der Waals surface area contributed by atoms with Gasteiger partial charge in [0, 0.05) is 18.9 Å². The van der Waals surface area contributed by atoms with Gasteiger partial charge in [-0.15, -0.1) is 0 Å². The molecule has 1 aliphatic carbocycles. The lowest BCUT2D eigenvalue weighted by Gasteiger charge is -2.28. The average Bonchev–Trinajstić information content (AvgIpc) is 3.23. The molecule has 0 spiro atoms. The van der Waals surface area contributed by atoms with Gasteiger partial charge in [-0.2, -0.15) is 5.10 Å². The zero-order chi connectivity index (χ0) is 15.9. The Morgan fingerprint density at radius 3 is 2.64 bits per heavy atom. The van der Waals surface area contributed by atoms with E-state index in [9.17, 15) is 18.0 Å². The number of nitrogens with one attached hydrogen (secondary N) is 1. The van der Waals surface area contributed by atoms with Crippen molar-refractivity contribution in [2.75, 3.05) is 11.5 Å². The highest BCUT2D eigenvalue weighted by Gasteiger charge is 2.37. The molecule has 2 fully saturated rings. The highest BCUT2D eigenvalue weighted by atomic mass is 32.2. The van der Waals surface area contributed by atoms with Gasteiger partial charge in [-0.05, 0) is 32.1 Å². The molecule has 1 N–H and O–H groups in total. The predicted molar refractivity (Wildman–Crippen MR) is 80.9 cm³/mol. The van der Waals surface area contributed by atoms with E-state index in [1.54, 1.807) is 0 Å². The van der Waals surface area contributed by atoms with Gasteiger partial charge in [0.05, 0.1) is 17.5 Å². The third kappa shape index (κ3) is 3.31. The highest BCUT2D eigenvalue weighted by molar-refractivity contribution is 7.91. The van der Waals surface area contributed by atoms with Crippen molar-refractivity contribution in [1.29, 1.82) is 0 Å². The van der Waals surface area contributed by atoms with E-state index in [2.05, 4.69) is 10.4 Å². The highest BCUT2D eigenvalue weighted by Crippen LogP contribution is 2.32. The Bertz CT molecular complexity index is 624. The van der Waals surface area contributed by atoms with Crippen LogP contribution < -0.4 is 5.32 Å². The van der Waals surface area contributed by atoms with E-state index in [4.69, 9.17) is 0 Å². The van der Waals surface area contributed by atoms with Gasteiger partial charge in [0.25, 0.3) is 5.91 Å². The number of nitrogens with zero attached hydrogens (tertiary/aromatic N) is 2. The quantitative estimate of drug-likeness (QED) is 0.790. The van der Waals surface area contributed by atoms with Crippen molar-refractivity contribution in [3.05, 3.63) is 0 Å². The molecule has 3 rings (SSSR count). The van der Waals surface area contributed by atoms with E-state index < -0.39 is 15.9 Å². The molecule has 0 aromatic rings. The number of rotatable bonds is 4. The van der Waals surface area contributed by atoms with Crippen LogP contribution in [0.2, 0.25) is 0 Å². The van der Waals surface area contributed by atoms with Gasteiger partial charge in [0.2, 0.25) is 5.91 Å². The van der Waals surface area contributed by atoms with Crippen molar-refractivity contribution in [3.63, 3.8) is 0 Å². The molecule has 8 heteroatoms. The van der Waals surface area contributed by atoms with E-state index in [1.165, 1.54) is 5.01 Å². The Hall–Kier alpha value is -1.44. The standard InChI is InChI=1S/C14H21N3O4S/c1-9(10-2-3-10)15-14(19)12-4-5-13(18)17(16-12)11-6-7-22(20,21)8-11/h9-11H,2-8H2,1H3,(H,15,19)/t9-,11+/m1/s1. The molecular weight excluding hydrogens is 306 g/mol. The van der Waals surface area contributed by atoms with Crippen LogP contribution in [0.5, 0.6) is 0 Å². The van der Waals surface area contributed by atoms with Crippen molar-refractivity contribution < 1.29 is 18.0 Å². The Labute approximate surface area is 130 Å². The summed E-state index contributed by atoms with van der Waals surface area (Å²) in [6, 6.07) is -0.311. The van der Waals surface area contributed by atoms with Gasteiger partial charge < -0.3 is 5.32 Å². The summed E-state index contributed by atoms with van der Waals surface area (Å²) in [5, 5.41) is 8.32. The Morgan fingerprint density at radius 2 is 2.05 bits per heavy atom. The summed E-state index contributed by atoms with van der Waals surface area (Å²) in [7, 11) is -3.09.